The van der Waals surface area contributed by atoms with Crippen molar-refractivity contribution >= 4 is 5.91 Å². The molecule has 19 heavy (non-hydrogen) atoms. The highest BCUT2D eigenvalue weighted by atomic mass is 16.7. The van der Waals surface area contributed by atoms with Gasteiger partial charge in [-0.25, -0.2) is 0 Å². The van der Waals surface area contributed by atoms with Crippen LogP contribution in [-0.4, -0.2) is 37.9 Å². The van der Waals surface area contributed by atoms with E-state index in [1.165, 1.54) is 14.2 Å². The number of hydrogen-bond acceptors (Lipinski definition) is 3. The van der Waals surface area contributed by atoms with Crippen molar-refractivity contribution in [3.63, 3.8) is 0 Å². The Labute approximate surface area is 115 Å². The summed E-state index contributed by atoms with van der Waals surface area (Å²) in [5.74, 6) is -0.123. The van der Waals surface area contributed by atoms with Crippen LogP contribution in [0.25, 0.3) is 0 Å². The van der Waals surface area contributed by atoms with E-state index in [9.17, 15) is 4.79 Å². The maximum Gasteiger partial charge on any atom is 0.279 e. The van der Waals surface area contributed by atoms with Crippen LogP contribution in [0.1, 0.15) is 25.3 Å². The zero-order chi connectivity index (χ0) is 14.1. The van der Waals surface area contributed by atoms with Crippen LogP contribution >= 0.6 is 0 Å². The van der Waals surface area contributed by atoms with E-state index in [-0.39, 0.29) is 5.91 Å². The second-order valence-corrected chi connectivity index (χ2v) is 4.40. The molecule has 1 rings (SSSR count). The minimum Gasteiger partial charge on any atom is -0.348 e. The lowest BCUT2D eigenvalue weighted by Gasteiger charge is -2.26. The van der Waals surface area contributed by atoms with Gasteiger partial charge in [0, 0.05) is 27.3 Å². The minimum atomic E-state index is -0.819. The Morgan fingerprint density at radius 3 is 2.37 bits per heavy atom. The molecule has 106 valence electrons. The van der Waals surface area contributed by atoms with Crippen molar-refractivity contribution in [3.8, 4) is 0 Å². The highest BCUT2D eigenvalue weighted by molar-refractivity contribution is 5.79. The summed E-state index contributed by atoms with van der Waals surface area (Å²) in [6.07, 6.45) is 1.20. The van der Waals surface area contributed by atoms with Crippen molar-refractivity contribution in [2.24, 2.45) is 0 Å². The molecule has 0 aliphatic carbocycles. The average molecular weight is 265 g/mol. The lowest BCUT2D eigenvalue weighted by molar-refractivity contribution is -0.170. The molecular weight excluding hydrogens is 242 g/mol. The Hall–Kier alpha value is -1.39. The third kappa shape index (κ3) is 5.01. The van der Waals surface area contributed by atoms with Crippen LogP contribution in [0.5, 0.6) is 0 Å². The summed E-state index contributed by atoms with van der Waals surface area (Å²) < 4.78 is 10.1. The molecule has 0 saturated carbocycles. The van der Waals surface area contributed by atoms with Crippen LogP contribution in [0.15, 0.2) is 30.3 Å². The predicted octanol–water partition coefficient (Wildman–Crippen LogP) is 2.43. The number of unbranched alkanes of at least 4 members (excludes halogenated alkanes) is 1. The van der Waals surface area contributed by atoms with Crippen molar-refractivity contribution in [1.82, 2.24) is 4.90 Å². The number of hydrogen-bond donors (Lipinski definition) is 0. The second kappa shape index (κ2) is 8.67. The van der Waals surface area contributed by atoms with E-state index in [1.807, 2.05) is 30.3 Å². The first-order valence-corrected chi connectivity index (χ1v) is 6.61. The fourth-order valence-electron chi connectivity index (χ4n) is 1.87. The van der Waals surface area contributed by atoms with Gasteiger partial charge in [0.05, 0.1) is 0 Å². The highest BCUT2D eigenvalue weighted by Crippen LogP contribution is 2.09. The third-order valence-corrected chi connectivity index (χ3v) is 2.94. The molecule has 0 radical (unpaired) electrons. The maximum absolute atomic E-state index is 12.3. The molecule has 1 amide bonds. The number of ether oxygens (including phenoxy) is 2. The van der Waals surface area contributed by atoms with Gasteiger partial charge in [-0.15, -0.1) is 0 Å². The number of amides is 1. The monoisotopic (exact) mass is 265 g/mol. The van der Waals surface area contributed by atoms with E-state index >= 15 is 0 Å². The smallest absolute Gasteiger partial charge is 0.279 e. The standard InChI is InChI=1S/C15H23NO3/c1-4-5-11-16(14(17)15(18-2)19-3)12-13-9-7-6-8-10-13/h6-10,15H,4-5,11-12H2,1-3H3. The SMILES string of the molecule is CCCCN(Cc1ccccc1)C(=O)C(OC)OC. The van der Waals surface area contributed by atoms with Gasteiger partial charge in [0.2, 0.25) is 6.29 Å². The summed E-state index contributed by atoms with van der Waals surface area (Å²) in [5, 5.41) is 0. The molecule has 0 atom stereocenters. The van der Waals surface area contributed by atoms with E-state index in [0.29, 0.717) is 13.1 Å². The van der Waals surface area contributed by atoms with Crippen LogP contribution in [0.2, 0.25) is 0 Å². The van der Waals surface area contributed by atoms with Crippen LogP contribution in [0.3, 0.4) is 0 Å². The number of nitrogens with zero attached hydrogens (tertiary/aromatic N) is 1. The van der Waals surface area contributed by atoms with Crippen molar-refractivity contribution in [1.29, 1.82) is 0 Å². The largest absolute Gasteiger partial charge is 0.348 e. The summed E-state index contributed by atoms with van der Waals surface area (Å²) in [4.78, 5) is 14.1. The topological polar surface area (TPSA) is 38.8 Å². The maximum atomic E-state index is 12.3. The minimum absolute atomic E-state index is 0.123. The van der Waals surface area contributed by atoms with E-state index in [1.54, 1.807) is 4.90 Å². The van der Waals surface area contributed by atoms with Crippen molar-refractivity contribution in [3.05, 3.63) is 35.9 Å². The van der Waals surface area contributed by atoms with Crippen molar-refractivity contribution < 1.29 is 14.3 Å². The Kier molecular flexibility index (Phi) is 7.15. The molecule has 0 heterocycles. The fraction of sp³-hybridized carbons (Fsp3) is 0.533. The molecule has 0 N–H and O–H groups in total. The zero-order valence-electron chi connectivity index (χ0n) is 12.0. The molecule has 0 unspecified atom stereocenters. The van der Waals surface area contributed by atoms with Crippen LogP contribution in [0, 0.1) is 0 Å². The highest BCUT2D eigenvalue weighted by Gasteiger charge is 2.23. The van der Waals surface area contributed by atoms with Crippen LogP contribution < -0.4 is 0 Å². The molecule has 0 aliphatic rings. The normalized spacial score (nSPS) is 10.7. The zero-order valence-corrected chi connectivity index (χ0v) is 12.0. The Morgan fingerprint density at radius 1 is 1.21 bits per heavy atom. The molecule has 0 bridgehead atoms. The van der Waals surface area contributed by atoms with Gasteiger partial charge in [0.1, 0.15) is 0 Å². The molecule has 1 aromatic carbocycles. The molecule has 0 spiro atoms. The van der Waals surface area contributed by atoms with Crippen molar-refractivity contribution in [2.45, 2.75) is 32.6 Å². The first-order valence-electron chi connectivity index (χ1n) is 6.61. The van der Waals surface area contributed by atoms with Gasteiger partial charge in [0.15, 0.2) is 0 Å². The first-order chi connectivity index (χ1) is 9.22. The summed E-state index contributed by atoms with van der Waals surface area (Å²) in [6, 6.07) is 9.94. The third-order valence-electron chi connectivity index (χ3n) is 2.94. The van der Waals surface area contributed by atoms with Gasteiger partial charge in [-0.2, -0.15) is 0 Å². The Morgan fingerprint density at radius 2 is 1.84 bits per heavy atom. The van der Waals surface area contributed by atoms with E-state index in [2.05, 4.69) is 6.92 Å². The molecule has 0 aromatic heterocycles. The summed E-state index contributed by atoms with van der Waals surface area (Å²) in [6.45, 7) is 3.41. The molecule has 1 aromatic rings. The fourth-order valence-corrected chi connectivity index (χ4v) is 1.87. The number of carbonyl (C=O) groups excluding carboxylic acids is 1. The van der Waals surface area contributed by atoms with Gasteiger partial charge in [0.25, 0.3) is 5.91 Å². The lowest BCUT2D eigenvalue weighted by atomic mass is 10.2. The second-order valence-electron chi connectivity index (χ2n) is 4.40. The van der Waals surface area contributed by atoms with Gasteiger partial charge < -0.3 is 14.4 Å². The van der Waals surface area contributed by atoms with Gasteiger partial charge in [-0.3, -0.25) is 4.79 Å². The number of benzene rings is 1. The van der Waals surface area contributed by atoms with E-state index < -0.39 is 6.29 Å². The van der Waals surface area contributed by atoms with Gasteiger partial charge in [-0.1, -0.05) is 43.7 Å². The Bertz CT molecular complexity index is 363. The summed E-state index contributed by atoms with van der Waals surface area (Å²) in [5.41, 5.74) is 1.11. The van der Waals surface area contributed by atoms with Crippen LogP contribution in [0.4, 0.5) is 0 Å². The average Bonchev–Trinajstić information content (AvgIpc) is 2.45. The Balaban J connectivity index is 2.73. The van der Waals surface area contributed by atoms with Gasteiger partial charge in [-0.05, 0) is 12.0 Å². The molecular formula is C15H23NO3. The molecule has 0 saturated heterocycles. The van der Waals surface area contributed by atoms with Crippen LogP contribution in [-0.2, 0) is 20.8 Å². The lowest BCUT2D eigenvalue weighted by Crippen LogP contribution is -2.41. The molecule has 0 aliphatic heterocycles. The number of carbonyl (C=O) groups is 1. The van der Waals surface area contributed by atoms with E-state index in [0.717, 1.165) is 18.4 Å². The van der Waals surface area contributed by atoms with Crippen molar-refractivity contribution in [2.75, 3.05) is 20.8 Å². The molecule has 4 nitrogen and oxygen atoms in total. The molecule has 0 fully saturated rings. The summed E-state index contributed by atoms with van der Waals surface area (Å²) in [7, 11) is 2.96. The van der Waals surface area contributed by atoms with E-state index in [4.69, 9.17) is 9.47 Å². The quantitative estimate of drug-likeness (QED) is 0.678. The number of rotatable bonds is 8. The number of methoxy groups -OCH3 is 2. The summed E-state index contributed by atoms with van der Waals surface area (Å²) >= 11 is 0. The van der Waals surface area contributed by atoms with Gasteiger partial charge >= 0.3 is 0 Å². The predicted molar refractivity (Wildman–Crippen MR) is 74.6 cm³/mol. The first kappa shape index (κ1) is 15.7. The molecule has 4 heteroatoms.